The molecule has 1 aliphatic rings. The highest BCUT2D eigenvalue weighted by atomic mass is 16.4. The van der Waals surface area contributed by atoms with E-state index in [0.29, 0.717) is 19.5 Å². The molecule has 1 atom stereocenters. The molecule has 1 unspecified atom stereocenters. The highest BCUT2D eigenvalue weighted by Crippen LogP contribution is 2.18. The Balaban J connectivity index is 2.54. The zero-order chi connectivity index (χ0) is 11.6. The van der Waals surface area contributed by atoms with E-state index in [0.717, 1.165) is 0 Å². The molecule has 1 aliphatic heterocycles. The number of carboxylic acids is 1. The van der Waals surface area contributed by atoms with Crippen LogP contribution in [0.4, 0.5) is 4.79 Å². The second-order valence-corrected chi connectivity index (χ2v) is 4.26. The van der Waals surface area contributed by atoms with E-state index in [4.69, 9.17) is 5.11 Å². The third-order valence-corrected chi connectivity index (χ3v) is 2.88. The van der Waals surface area contributed by atoms with E-state index >= 15 is 0 Å². The number of hydrogen-bond donors (Lipinski definition) is 1. The fraction of sp³-hybridized carbons (Fsp3) is 0.800. The van der Waals surface area contributed by atoms with Gasteiger partial charge in [-0.2, -0.15) is 0 Å². The monoisotopic (exact) mass is 214 g/mol. The zero-order valence-electron chi connectivity index (χ0n) is 9.43. The maximum atomic E-state index is 11.8. The van der Waals surface area contributed by atoms with E-state index in [-0.39, 0.29) is 12.1 Å². The van der Waals surface area contributed by atoms with E-state index in [1.54, 1.807) is 16.8 Å². The summed E-state index contributed by atoms with van der Waals surface area (Å²) in [6.45, 7) is 4.75. The first kappa shape index (κ1) is 11.8. The standard InChI is InChI=1S/C10H18N2O3/c1-7(2)11(3)10(15)12-5-4-8(6-12)9(13)14/h7-8H,4-6H2,1-3H3,(H,13,14). The number of urea groups is 1. The predicted octanol–water partition coefficient (Wildman–Crippen LogP) is 0.853. The number of amides is 2. The average Bonchev–Trinajstić information content (AvgIpc) is 2.64. The van der Waals surface area contributed by atoms with Crippen molar-refractivity contribution >= 4 is 12.0 Å². The number of nitrogens with zero attached hydrogens (tertiary/aromatic N) is 2. The molecule has 1 saturated heterocycles. The molecule has 5 heteroatoms. The second-order valence-electron chi connectivity index (χ2n) is 4.26. The minimum absolute atomic E-state index is 0.0752. The number of aliphatic carboxylic acids is 1. The SMILES string of the molecule is CC(C)N(C)C(=O)N1CCC(C(=O)O)C1. The molecule has 1 heterocycles. The molecule has 1 N–H and O–H groups in total. The summed E-state index contributed by atoms with van der Waals surface area (Å²) in [6.07, 6.45) is 0.563. The van der Waals surface area contributed by atoms with Gasteiger partial charge in [-0.05, 0) is 20.3 Å². The Morgan fingerprint density at radius 1 is 1.47 bits per heavy atom. The van der Waals surface area contributed by atoms with Crippen LogP contribution < -0.4 is 0 Å². The van der Waals surface area contributed by atoms with Gasteiger partial charge in [0.1, 0.15) is 0 Å². The van der Waals surface area contributed by atoms with Crippen LogP contribution in [-0.2, 0) is 4.79 Å². The maximum absolute atomic E-state index is 11.8. The maximum Gasteiger partial charge on any atom is 0.319 e. The number of carbonyl (C=O) groups is 2. The summed E-state index contributed by atoms with van der Waals surface area (Å²) < 4.78 is 0. The van der Waals surface area contributed by atoms with Gasteiger partial charge in [0.25, 0.3) is 0 Å². The molecule has 1 rings (SSSR count). The van der Waals surface area contributed by atoms with Crippen LogP contribution >= 0.6 is 0 Å². The van der Waals surface area contributed by atoms with Crippen LogP contribution in [0.15, 0.2) is 0 Å². The number of likely N-dealkylation sites (tertiary alicyclic amines) is 1. The molecule has 15 heavy (non-hydrogen) atoms. The highest BCUT2D eigenvalue weighted by molar-refractivity contribution is 5.77. The topological polar surface area (TPSA) is 60.9 Å². The van der Waals surface area contributed by atoms with Gasteiger partial charge in [-0.25, -0.2) is 4.79 Å². The Hall–Kier alpha value is -1.26. The van der Waals surface area contributed by atoms with Crippen LogP contribution in [0.2, 0.25) is 0 Å². The van der Waals surface area contributed by atoms with Crippen molar-refractivity contribution in [2.75, 3.05) is 20.1 Å². The number of carboxylic acid groups (broad SMARTS) is 1. The Kier molecular flexibility index (Phi) is 3.55. The molecule has 5 nitrogen and oxygen atoms in total. The van der Waals surface area contributed by atoms with Crippen molar-refractivity contribution in [1.82, 2.24) is 9.80 Å². The summed E-state index contributed by atoms with van der Waals surface area (Å²) in [6, 6.07) is 0.0649. The molecular formula is C10H18N2O3. The normalized spacial score (nSPS) is 20.8. The van der Waals surface area contributed by atoms with Crippen molar-refractivity contribution in [2.45, 2.75) is 26.3 Å². The third-order valence-electron chi connectivity index (χ3n) is 2.88. The molecule has 0 aromatic carbocycles. The van der Waals surface area contributed by atoms with Crippen LogP contribution in [0.25, 0.3) is 0 Å². The summed E-state index contributed by atoms with van der Waals surface area (Å²) in [5.74, 6) is -1.20. The highest BCUT2D eigenvalue weighted by Gasteiger charge is 2.32. The van der Waals surface area contributed by atoms with Gasteiger partial charge in [-0.3, -0.25) is 4.79 Å². The Bertz CT molecular complexity index is 265. The van der Waals surface area contributed by atoms with Crippen LogP contribution in [0, 0.1) is 5.92 Å². The molecular weight excluding hydrogens is 196 g/mol. The smallest absolute Gasteiger partial charge is 0.319 e. The lowest BCUT2D eigenvalue weighted by Crippen LogP contribution is -2.43. The van der Waals surface area contributed by atoms with Gasteiger partial charge < -0.3 is 14.9 Å². The first-order chi connectivity index (χ1) is 6.93. The van der Waals surface area contributed by atoms with Crippen LogP contribution in [-0.4, -0.2) is 53.1 Å². The Morgan fingerprint density at radius 3 is 2.47 bits per heavy atom. The van der Waals surface area contributed by atoms with Crippen LogP contribution in [0.3, 0.4) is 0 Å². The molecule has 0 aliphatic carbocycles. The largest absolute Gasteiger partial charge is 0.481 e. The Morgan fingerprint density at radius 2 is 2.07 bits per heavy atom. The van der Waals surface area contributed by atoms with E-state index < -0.39 is 11.9 Å². The van der Waals surface area contributed by atoms with Crippen molar-refractivity contribution in [1.29, 1.82) is 0 Å². The minimum Gasteiger partial charge on any atom is -0.481 e. The quantitative estimate of drug-likeness (QED) is 0.741. The summed E-state index contributed by atoms with van der Waals surface area (Å²) in [5, 5.41) is 8.81. The lowest BCUT2D eigenvalue weighted by Gasteiger charge is -2.27. The first-order valence-electron chi connectivity index (χ1n) is 5.18. The average molecular weight is 214 g/mol. The number of carbonyl (C=O) groups excluding carboxylic acids is 1. The lowest BCUT2D eigenvalue weighted by molar-refractivity contribution is -0.141. The van der Waals surface area contributed by atoms with Gasteiger partial charge in [0, 0.05) is 26.2 Å². The van der Waals surface area contributed by atoms with Gasteiger partial charge in [-0.15, -0.1) is 0 Å². The van der Waals surface area contributed by atoms with E-state index in [1.165, 1.54) is 0 Å². The number of hydrogen-bond acceptors (Lipinski definition) is 2. The molecule has 0 radical (unpaired) electrons. The molecule has 0 spiro atoms. The minimum atomic E-state index is -0.808. The molecule has 0 aromatic rings. The van der Waals surface area contributed by atoms with Crippen molar-refractivity contribution in [2.24, 2.45) is 5.92 Å². The summed E-state index contributed by atoms with van der Waals surface area (Å²) in [5.41, 5.74) is 0. The van der Waals surface area contributed by atoms with Gasteiger partial charge in [0.15, 0.2) is 0 Å². The van der Waals surface area contributed by atoms with Gasteiger partial charge in [0.2, 0.25) is 0 Å². The zero-order valence-corrected chi connectivity index (χ0v) is 9.43. The van der Waals surface area contributed by atoms with E-state index in [1.807, 2.05) is 13.8 Å². The second kappa shape index (κ2) is 4.51. The molecule has 0 saturated carbocycles. The lowest BCUT2D eigenvalue weighted by atomic mass is 10.1. The molecule has 0 aromatic heterocycles. The first-order valence-corrected chi connectivity index (χ1v) is 5.18. The van der Waals surface area contributed by atoms with Gasteiger partial charge in [-0.1, -0.05) is 0 Å². The summed E-state index contributed by atoms with van der Waals surface area (Å²) >= 11 is 0. The third kappa shape index (κ3) is 2.61. The number of rotatable bonds is 2. The van der Waals surface area contributed by atoms with E-state index in [9.17, 15) is 9.59 Å². The fourth-order valence-electron chi connectivity index (χ4n) is 1.58. The van der Waals surface area contributed by atoms with E-state index in [2.05, 4.69) is 0 Å². The Labute approximate surface area is 89.7 Å². The van der Waals surface area contributed by atoms with Crippen molar-refractivity contribution in [3.05, 3.63) is 0 Å². The van der Waals surface area contributed by atoms with Crippen molar-refractivity contribution in [3.8, 4) is 0 Å². The summed E-state index contributed by atoms with van der Waals surface area (Å²) in [7, 11) is 1.74. The predicted molar refractivity (Wildman–Crippen MR) is 55.6 cm³/mol. The van der Waals surface area contributed by atoms with Crippen molar-refractivity contribution < 1.29 is 14.7 Å². The fourth-order valence-corrected chi connectivity index (χ4v) is 1.58. The van der Waals surface area contributed by atoms with Gasteiger partial charge >= 0.3 is 12.0 Å². The molecule has 2 amide bonds. The summed E-state index contributed by atoms with van der Waals surface area (Å²) in [4.78, 5) is 25.8. The molecule has 1 fully saturated rings. The van der Waals surface area contributed by atoms with Crippen LogP contribution in [0.1, 0.15) is 20.3 Å². The van der Waals surface area contributed by atoms with Crippen molar-refractivity contribution in [3.63, 3.8) is 0 Å². The van der Waals surface area contributed by atoms with Gasteiger partial charge in [0.05, 0.1) is 5.92 Å². The molecule has 86 valence electrons. The van der Waals surface area contributed by atoms with Crippen LogP contribution in [0.5, 0.6) is 0 Å². The molecule has 0 bridgehead atoms.